The Bertz CT molecular complexity index is 103. The van der Waals surface area contributed by atoms with Gasteiger partial charge in [-0.3, -0.25) is 0 Å². The molecule has 0 fully saturated rings. The van der Waals surface area contributed by atoms with Gasteiger partial charge < -0.3 is 0 Å². The Hall–Kier alpha value is 1.55. The van der Waals surface area contributed by atoms with E-state index in [2.05, 4.69) is 33.7 Å². The first-order valence-electron chi connectivity index (χ1n) is 3.41. The second-order valence-electron chi connectivity index (χ2n) is 1.82. The third-order valence-corrected chi connectivity index (χ3v) is 12.8. The fourth-order valence-corrected chi connectivity index (χ4v) is 8.99. The van der Waals surface area contributed by atoms with Gasteiger partial charge in [0.1, 0.15) is 0 Å². The summed E-state index contributed by atoms with van der Waals surface area (Å²) in [5.41, 5.74) is 5.42. The predicted molar refractivity (Wildman–Crippen MR) is 57.7 cm³/mol. The van der Waals surface area contributed by atoms with Crippen molar-refractivity contribution in [1.82, 2.24) is 5.09 Å². The van der Waals surface area contributed by atoms with Gasteiger partial charge in [-0.2, -0.15) is 0 Å². The Morgan fingerprint density at radius 2 is 2.45 bits per heavy atom. The summed E-state index contributed by atoms with van der Waals surface area (Å²) in [7, 11) is 0. The summed E-state index contributed by atoms with van der Waals surface area (Å²) in [5, 5.41) is 3.49. The Balaban J connectivity index is 3.08. The molecule has 0 saturated carbocycles. The molecule has 0 amide bonds. The summed E-state index contributed by atoms with van der Waals surface area (Å²) >= 11 is 2.84. The van der Waals surface area contributed by atoms with Gasteiger partial charge in [-0.25, -0.2) is 0 Å². The number of alkyl halides is 1. The van der Waals surface area contributed by atoms with Gasteiger partial charge in [-0.1, -0.05) is 0 Å². The number of nitrogens with one attached hydrogen (secondary N) is 1. The van der Waals surface area contributed by atoms with Crippen molar-refractivity contribution in [2.45, 2.75) is 6.42 Å². The minimum atomic E-state index is 0.104. The van der Waals surface area contributed by atoms with Gasteiger partial charge in [0.05, 0.1) is 0 Å². The number of halogens is 2. The van der Waals surface area contributed by atoms with E-state index in [9.17, 15) is 0 Å². The molecule has 0 saturated heterocycles. The zero-order valence-corrected chi connectivity index (χ0v) is 11.6. The molecule has 0 heterocycles. The Morgan fingerprint density at radius 3 is 3.00 bits per heavy atom. The third kappa shape index (κ3) is 9.46. The van der Waals surface area contributed by atoms with Crippen LogP contribution in [0.4, 0.5) is 0 Å². The zero-order chi connectivity index (χ0) is 8.53. The van der Waals surface area contributed by atoms with E-state index < -0.39 is 0 Å². The van der Waals surface area contributed by atoms with E-state index >= 15 is 0 Å². The second kappa shape index (κ2) is 9.64. The molecular formula is C6H14I2N2P-. The van der Waals surface area contributed by atoms with Crippen molar-refractivity contribution in [3.05, 3.63) is 12.7 Å². The molecule has 0 aliphatic rings. The number of hydrogen-bond acceptors (Lipinski definition) is 2. The first kappa shape index (κ1) is 12.6. The summed E-state index contributed by atoms with van der Waals surface area (Å²) in [6.45, 7) is 5.62. The van der Waals surface area contributed by atoms with Crippen LogP contribution in [0.2, 0.25) is 0 Å². The van der Waals surface area contributed by atoms with Crippen molar-refractivity contribution in [3.63, 3.8) is 0 Å². The number of hydrogen-bond donors (Lipinski definition) is 2. The van der Waals surface area contributed by atoms with Crippen molar-refractivity contribution in [2.24, 2.45) is 5.73 Å². The Kier molecular flexibility index (Phi) is 11.0. The van der Waals surface area contributed by atoms with E-state index in [0.717, 1.165) is 19.5 Å². The average molecular weight is 399 g/mol. The topological polar surface area (TPSA) is 38.0 Å². The molecule has 0 aromatic carbocycles. The molecule has 0 radical (unpaired) electrons. The van der Waals surface area contributed by atoms with Gasteiger partial charge in [-0.05, 0) is 0 Å². The van der Waals surface area contributed by atoms with Gasteiger partial charge >= 0.3 is 93.5 Å². The van der Waals surface area contributed by atoms with Crippen molar-refractivity contribution in [2.75, 3.05) is 17.5 Å². The monoisotopic (exact) mass is 399 g/mol. The molecule has 11 heavy (non-hydrogen) atoms. The van der Waals surface area contributed by atoms with Crippen LogP contribution in [0, 0.1) is 0 Å². The maximum absolute atomic E-state index is 5.42. The van der Waals surface area contributed by atoms with Gasteiger partial charge in [0.15, 0.2) is 0 Å². The van der Waals surface area contributed by atoms with Crippen LogP contribution in [0.3, 0.4) is 0 Å². The second-order valence-corrected chi connectivity index (χ2v) is 17.3. The molecule has 0 aromatic heterocycles. The van der Waals surface area contributed by atoms with Crippen molar-refractivity contribution in [1.29, 1.82) is 0 Å². The number of nitrogens with two attached hydrogens (primary N) is 1. The van der Waals surface area contributed by atoms with Crippen LogP contribution < -0.4 is 31.5 Å². The van der Waals surface area contributed by atoms with Crippen LogP contribution in [0.25, 0.3) is 0 Å². The van der Waals surface area contributed by atoms with E-state index in [1.54, 1.807) is 0 Å². The molecule has 1 atom stereocenters. The molecule has 0 aromatic rings. The summed E-state index contributed by atoms with van der Waals surface area (Å²) < 4.78 is 1.35. The first-order chi connectivity index (χ1) is 5.31. The predicted octanol–water partition coefficient (Wildman–Crippen LogP) is -1.14. The SMILES string of the molecule is C=CCCNP(I)[I-]CCN. The summed E-state index contributed by atoms with van der Waals surface area (Å²) in [4.78, 5) is 0. The molecule has 0 aliphatic heterocycles. The fraction of sp³-hybridized carbons (Fsp3) is 0.667. The van der Waals surface area contributed by atoms with Crippen molar-refractivity contribution < 1.29 is 20.7 Å². The average Bonchev–Trinajstić information content (AvgIpc) is 2.01. The summed E-state index contributed by atoms with van der Waals surface area (Å²) in [5.74, 6) is 0. The molecule has 0 spiro atoms. The Labute approximate surface area is 92.7 Å². The molecule has 68 valence electrons. The third-order valence-electron chi connectivity index (χ3n) is 0.878. The molecule has 0 aliphatic carbocycles. The van der Waals surface area contributed by atoms with Gasteiger partial charge in [0.25, 0.3) is 0 Å². The van der Waals surface area contributed by atoms with Crippen molar-refractivity contribution in [3.8, 4) is 0 Å². The van der Waals surface area contributed by atoms with Gasteiger partial charge in [-0.15, -0.1) is 0 Å². The molecule has 0 rings (SSSR count). The van der Waals surface area contributed by atoms with E-state index in [-0.39, 0.29) is 3.36 Å². The normalized spacial score (nSPS) is 13.3. The first-order valence-corrected chi connectivity index (χ1v) is 11.8. The van der Waals surface area contributed by atoms with Crippen LogP contribution in [0.1, 0.15) is 6.42 Å². The maximum atomic E-state index is 5.42. The summed E-state index contributed by atoms with van der Waals surface area (Å²) in [6.07, 6.45) is 3.03. The van der Waals surface area contributed by atoms with Gasteiger partial charge in [0.2, 0.25) is 0 Å². The van der Waals surface area contributed by atoms with Crippen LogP contribution in [0.5, 0.6) is 0 Å². The van der Waals surface area contributed by atoms with E-state index in [1.165, 1.54) is 4.43 Å². The van der Waals surface area contributed by atoms with E-state index in [1.807, 2.05) is 6.08 Å². The van der Waals surface area contributed by atoms with E-state index in [0.29, 0.717) is 20.7 Å². The quantitative estimate of drug-likeness (QED) is 0.187. The fourth-order valence-electron chi connectivity index (χ4n) is 0.416. The van der Waals surface area contributed by atoms with Crippen molar-refractivity contribution >= 4 is 25.4 Å². The van der Waals surface area contributed by atoms with Crippen LogP contribution in [-0.4, -0.2) is 17.5 Å². The Morgan fingerprint density at radius 1 is 1.73 bits per heavy atom. The van der Waals surface area contributed by atoms with Crippen LogP contribution in [-0.2, 0) is 0 Å². The molecule has 2 nitrogen and oxygen atoms in total. The van der Waals surface area contributed by atoms with E-state index in [4.69, 9.17) is 5.73 Å². The molecular weight excluding hydrogens is 385 g/mol. The minimum absolute atomic E-state index is 0.104. The molecule has 5 heteroatoms. The zero-order valence-electron chi connectivity index (χ0n) is 6.39. The molecule has 3 N–H and O–H groups in total. The molecule has 0 bridgehead atoms. The standard InChI is InChI=1S/C6H14I2N2P/c1-2-3-6-10-11(7)8-4-5-9/h2,10H,1,3-6,9H2/q-1. The van der Waals surface area contributed by atoms with Crippen LogP contribution in [0.15, 0.2) is 12.7 Å². The number of rotatable bonds is 7. The van der Waals surface area contributed by atoms with Crippen LogP contribution >= 0.6 is 25.4 Å². The van der Waals surface area contributed by atoms with Gasteiger partial charge in [0, 0.05) is 0 Å². The molecule has 1 unspecified atom stereocenters. The summed E-state index contributed by atoms with van der Waals surface area (Å²) in [6, 6.07) is 0.